The third kappa shape index (κ3) is 3.24. The number of likely N-dealkylation sites (tertiary alicyclic amines) is 1. The normalized spacial score (nSPS) is 20.3. The molecule has 1 aromatic carbocycles. The topological polar surface area (TPSA) is 75.9 Å². The van der Waals surface area contributed by atoms with Gasteiger partial charge in [-0.15, -0.1) is 10.2 Å². The molecule has 2 fully saturated rings. The fourth-order valence-corrected chi connectivity index (χ4v) is 5.69. The molecule has 0 unspecified atom stereocenters. The second kappa shape index (κ2) is 7.55. The molecule has 1 spiro atoms. The molecule has 0 aliphatic carbocycles. The van der Waals surface area contributed by atoms with Crippen molar-refractivity contribution >= 4 is 17.4 Å². The van der Waals surface area contributed by atoms with Gasteiger partial charge in [0, 0.05) is 37.6 Å². The van der Waals surface area contributed by atoms with Gasteiger partial charge in [0.2, 0.25) is 5.65 Å². The van der Waals surface area contributed by atoms with Crippen molar-refractivity contribution in [2.24, 2.45) is 5.41 Å². The molecule has 0 amide bonds. The number of nitrogens with zero attached hydrogens (tertiary/aromatic N) is 6. The maximum atomic E-state index is 11.8. The van der Waals surface area contributed by atoms with E-state index in [2.05, 4.69) is 38.0 Å². The molecule has 3 aromatic rings. The monoisotopic (exact) mass is 432 g/mol. The summed E-state index contributed by atoms with van der Waals surface area (Å²) in [6.45, 7) is 7.98. The molecular formula is C24H28N6O2. The summed E-state index contributed by atoms with van der Waals surface area (Å²) < 4.78 is 7.14. The number of esters is 1. The molecule has 0 bridgehead atoms. The number of carbonyl (C=O) groups is 1. The first-order valence-corrected chi connectivity index (χ1v) is 11.5. The highest BCUT2D eigenvalue weighted by Crippen LogP contribution is 2.42. The fraction of sp³-hybridized carbons (Fsp3) is 0.500. The van der Waals surface area contributed by atoms with E-state index in [9.17, 15) is 4.79 Å². The third-order valence-corrected chi connectivity index (χ3v) is 7.83. The number of anilines is 1. The van der Waals surface area contributed by atoms with Crippen LogP contribution in [0.5, 0.6) is 0 Å². The van der Waals surface area contributed by atoms with Gasteiger partial charge in [-0.25, -0.2) is 9.78 Å². The summed E-state index contributed by atoms with van der Waals surface area (Å²) in [6, 6.07) is 4.05. The van der Waals surface area contributed by atoms with E-state index in [-0.39, 0.29) is 5.97 Å². The zero-order valence-electron chi connectivity index (χ0n) is 18.5. The number of cyclic esters (lactones) is 1. The molecule has 6 rings (SSSR count). The lowest BCUT2D eigenvalue weighted by Gasteiger charge is -2.39. The molecule has 166 valence electrons. The maximum absolute atomic E-state index is 11.8. The van der Waals surface area contributed by atoms with Crippen molar-refractivity contribution in [1.82, 2.24) is 24.5 Å². The van der Waals surface area contributed by atoms with Crippen molar-refractivity contribution in [1.29, 1.82) is 0 Å². The number of ether oxygens (including phenoxy) is 1. The van der Waals surface area contributed by atoms with Gasteiger partial charge in [-0.1, -0.05) is 6.07 Å². The molecule has 8 nitrogen and oxygen atoms in total. The Morgan fingerprint density at radius 2 is 2.00 bits per heavy atom. The van der Waals surface area contributed by atoms with Gasteiger partial charge >= 0.3 is 5.97 Å². The molecule has 0 radical (unpaired) electrons. The molecule has 5 heterocycles. The van der Waals surface area contributed by atoms with Crippen molar-refractivity contribution in [3.63, 3.8) is 0 Å². The second-order valence-corrected chi connectivity index (χ2v) is 9.53. The number of carbonyl (C=O) groups excluding carboxylic acids is 1. The van der Waals surface area contributed by atoms with Crippen LogP contribution in [0.2, 0.25) is 0 Å². The number of fused-ring (bicyclic) bond motifs is 2. The highest BCUT2D eigenvalue weighted by Gasteiger charge is 2.41. The minimum atomic E-state index is -0.183. The van der Waals surface area contributed by atoms with E-state index in [1.165, 1.54) is 30.4 Å². The van der Waals surface area contributed by atoms with Crippen molar-refractivity contribution in [2.75, 3.05) is 37.6 Å². The largest absolute Gasteiger partial charge is 0.457 e. The first-order valence-electron chi connectivity index (χ1n) is 11.5. The summed E-state index contributed by atoms with van der Waals surface area (Å²) in [4.78, 5) is 21.4. The van der Waals surface area contributed by atoms with E-state index in [0.29, 0.717) is 12.0 Å². The van der Waals surface area contributed by atoms with Gasteiger partial charge in [0.25, 0.3) is 0 Å². The molecule has 0 atom stereocenters. The van der Waals surface area contributed by atoms with Gasteiger partial charge in [0.05, 0.1) is 5.56 Å². The molecule has 32 heavy (non-hydrogen) atoms. The lowest BCUT2D eigenvalue weighted by atomic mass is 9.77. The van der Waals surface area contributed by atoms with Crippen LogP contribution in [-0.4, -0.2) is 63.2 Å². The van der Waals surface area contributed by atoms with Crippen LogP contribution in [0.15, 0.2) is 30.9 Å². The molecule has 2 aromatic heterocycles. The van der Waals surface area contributed by atoms with Crippen LogP contribution in [0.25, 0.3) is 5.65 Å². The van der Waals surface area contributed by atoms with E-state index in [1.54, 1.807) is 6.33 Å². The Kier molecular flexibility index (Phi) is 4.64. The van der Waals surface area contributed by atoms with E-state index in [0.717, 1.165) is 61.7 Å². The minimum Gasteiger partial charge on any atom is -0.457 e. The van der Waals surface area contributed by atoms with Crippen LogP contribution >= 0.6 is 0 Å². The number of piperidine rings is 1. The zero-order chi connectivity index (χ0) is 21.7. The Balaban J connectivity index is 1.07. The summed E-state index contributed by atoms with van der Waals surface area (Å²) in [7, 11) is 0. The van der Waals surface area contributed by atoms with Crippen LogP contribution < -0.4 is 4.90 Å². The number of benzene rings is 1. The van der Waals surface area contributed by atoms with Crippen molar-refractivity contribution < 1.29 is 9.53 Å². The first-order chi connectivity index (χ1) is 15.6. The Morgan fingerprint density at radius 1 is 1.16 bits per heavy atom. The highest BCUT2D eigenvalue weighted by molar-refractivity contribution is 5.93. The van der Waals surface area contributed by atoms with E-state index in [1.807, 2.05) is 22.9 Å². The van der Waals surface area contributed by atoms with Crippen molar-refractivity contribution in [3.8, 4) is 0 Å². The van der Waals surface area contributed by atoms with Crippen LogP contribution in [0.3, 0.4) is 0 Å². The first kappa shape index (κ1) is 19.7. The number of hydrogen-bond donors (Lipinski definition) is 0. The van der Waals surface area contributed by atoms with Gasteiger partial charge in [0.15, 0.2) is 5.82 Å². The Morgan fingerprint density at radius 3 is 2.88 bits per heavy atom. The molecule has 8 heteroatoms. The van der Waals surface area contributed by atoms with Crippen LogP contribution in [0.4, 0.5) is 5.82 Å². The summed E-state index contributed by atoms with van der Waals surface area (Å²) >= 11 is 0. The average Bonchev–Trinajstić information content (AvgIpc) is 3.54. The quantitative estimate of drug-likeness (QED) is 0.587. The predicted octanol–water partition coefficient (Wildman–Crippen LogP) is 2.64. The summed E-state index contributed by atoms with van der Waals surface area (Å²) in [5.41, 5.74) is 5.61. The Hall–Kier alpha value is -3.00. The van der Waals surface area contributed by atoms with E-state index < -0.39 is 0 Å². The minimum absolute atomic E-state index is 0.183. The van der Waals surface area contributed by atoms with Crippen molar-refractivity contribution in [3.05, 3.63) is 53.1 Å². The van der Waals surface area contributed by atoms with Gasteiger partial charge in [-0.3, -0.25) is 4.40 Å². The Labute approximate surface area is 187 Å². The van der Waals surface area contributed by atoms with Gasteiger partial charge in [-0.05, 0) is 68.3 Å². The van der Waals surface area contributed by atoms with Crippen LogP contribution in [0.1, 0.15) is 46.3 Å². The van der Waals surface area contributed by atoms with Crippen LogP contribution in [0, 0.1) is 12.3 Å². The fourth-order valence-electron chi connectivity index (χ4n) is 5.69. The summed E-state index contributed by atoms with van der Waals surface area (Å²) in [5, 5.41) is 8.31. The van der Waals surface area contributed by atoms with Crippen molar-refractivity contribution in [2.45, 2.75) is 39.2 Å². The lowest BCUT2D eigenvalue weighted by molar-refractivity contribution is 0.0535. The lowest BCUT2D eigenvalue weighted by Crippen LogP contribution is -2.42. The number of rotatable bonds is 4. The smallest absolute Gasteiger partial charge is 0.338 e. The average molecular weight is 433 g/mol. The molecule has 2 saturated heterocycles. The molecular weight excluding hydrogens is 404 g/mol. The molecule has 3 aliphatic heterocycles. The maximum Gasteiger partial charge on any atom is 0.338 e. The predicted molar refractivity (Wildman–Crippen MR) is 120 cm³/mol. The summed E-state index contributed by atoms with van der Waals surface area (Å²) in [6.07, 6.45) is 10.2. The second-order valence-electron chi connectivity index (χ2n) is 9.53. The molecule has 0 saturated carbocycles. The van der Waals surface area contributed by atoms with E-state index in [4.69, 9.17) is 4.74 Å². The van der Waals surface area contributed by atoms with Gasteiger partial charge < -0.3 is 14.5 Å². The number of aromatic nitrogens is 4. The Bertz CT molecular complexity index is 1180. The number of hydrogen-bond acceptors (Lipinski definition) is 7. The zero-order valence-corrected chi connectivity index (χ0v) is 18.5. The van der Waals surface area contributed by atoms with E-state index >= 15 is 0 Å². The summed E-state index contributed by atoms with van der Waals surface area (Å²) in [5.74, 6) is 0.774. The highest BCUT2D eigenvalue weighted by atomic mass is 16.5. The standard InChI is InChI=1S/C24H28N6O2/c1-17-18(2-3-19-20(17)14-32-23(19)31)4-9-28-10-5-24(6-11-28)7-12-29(15-24)21-22-27-26-16-30(22)13-8-25-21/h2-3,8,13,16H,4-7,9-12,14-15H2,1H3. The SMILES string of the molecule is Cc1c(CCN2CCC3(CC2)CCN(c2nccn4cnnc24)C3)ccc2c1COC2=O. The molecule has 0 N–H and O–H groups in total. The van der Waals surface area contributed by atoms with Gasteiger partial charge in [-0.2, -0.15) is 0 Å². The van der Waals surface area contributed by atoms with Crippen LogP contribution in [-0.2, 0) is 17.8 Å². The molecule has 3 aliphatic rings. The van der Waals surface area contributed by atoms with Gasteiger partial charge in [0.1, 0.15) is 12.9 Å². The third-order valence-electron chi connectivity index (χ3n) is 7.83.